The van der Waals surface area contributed by atoms with Crippen LogP contribution in [-0.4, -0.2) is 15.5 Å². The number of nitrogens with two attached hydrogens (primary N) is 1. The van der Waals surface area contributed by atoms with Gasteiger partial charge in [-0.05, 0) is 23.8 Å². The summed E-state index contributed by atoms with van der Waals surface area (Å²) >= 11 is 0. The van der Waals surface area contributed by atoms with E-state index in [1.165, 1.54) is 19.2 Å². The molecule has 0 heterocycles. The van der Waals surface area contributed by atoms with Crippen LogP contribution in [0.25, 0.3) is 22.3 Å². The molecule has 0 aliphatic heterocycles. The van der Waals surface area contributed by atoms with Gasteiger partial charge in [0.25, 0.3) is 0 Å². The Morgan fingerprint density at radius 3 is 1.97 bits per heavy atom. The van der Waals surface area contributed by atoms with Gasteiger partial charge in [0.2, 0.25) is 10.0 Å². The molecule has 0 aliphatic carbocycles. The SMILES string of the molecule is COc1ccc(-c2c(F)c(F)c(F)c(F)c2-c2ccccc2S(N)(=O)=O)cc1F. The van der Waals surface area contributed by atoms with Gasteiger partial charge < -0.3 is 4.74 Å². The smallest absolute Gasteiger partial charge is 0.238 e. The highest BCUT2D eigenvalue weighted by molar-refractivity contribution is 7.89. The number of halogens is 5. The van der Waals surface area contributed by atoms with E-state index in [4.69, 9.17) is 9.88 Å². The van der Waals surface area contributed by atoms with Gasteiger partial charge in [0.1, 0.15) is 0 Å². The molecule has 0 saturated carbocycles. The van der Waals surface area contributed by atoms with Gasteiger partial charge in [0.15, 0.2) is 34.8 Å². The van der Waals surface area contributed by atoms with Gasteiger partial charge in [-0.1, -0.05) is 24.3 Å². The monoisotopic (exact) mass is 429 g/mol. The topological polar surface area (TPSA) is 69.4 Å². The van der Waals surface area contributed by atoms with Gasteiger partial charge in [0.05, 0.1) is 12.0 Å². The van der Waals surface area contributed by atoms with Crippen LogP contribution >= 0.6 is 0 Å². The quantitative estimate of drug-likeness (QED) is 0.380. The second-order valence-corrected chi connectivity index (χ2v) is 7.43. The summed E-state index contributed by atoms with van der Waals surface area (Å²) in [7, 11) is -3.28. The van der Waals surface area contributed by atoms with E-state index in [-0.39, 0.29) is 11.3 Å². The van der Waals surface area contributed by atoms with E-state index in [0.29, 0.717) is 0 Å². The number of hydrogen-bond acceptors (Lipinski definition) is 3. The first-order valence-corrected chi connectivity index (χ1v) is 9.44. The molecule has 2 N–H and O–H groups in total. The Labute approximate surface area is 162 Å². The minimum Gasteiger partial charge on any atom is -0.494 e. The Morgan fingerprint density at radius 1 is 0.828 bits per heavy atom. The molecule has 0 aromatic heterocycles. The van der Waals surface area contributed by atoms with Crippen molar-refractivity contribution in [3.63, 3.8) is 0 Å². The summed E-state index contributed by atoms with van der Waals surface area (Å²) in [4.78, 5) is -0.653. The maximum absolute atomic E-state index is 14.8. The van der Waals surface area contributed by atoms with Crippen molar-refractivity contribution in [2.45, 2.75) is 4.90 Å². The average molecular weight is 429 g/mol. The number of sulfonamides is 1. The van der Waals surface area contributed by atoms with Gasteiger partial charge in [-0.3, -0.25) is 0 Å². The van der Waals surface area contributed by atoms with Crippen LogP contribution in [-0.2, 0) is 10.0 Å². The highest BCUT2D eigenvalue weighted by Gasteiger charge is 2.30. The third-order valence-corrected chi connectivity index (χ3v) is 5.14. The van der Waals surface area contributed by atoms with Crippen molar-refractivity contribution in [3.05, 3.63) is 71.6 Å². The molecule has 0 spiro atoms. The van der Waals surface area contributed by atoms with Crippen molar-refractivity contribution in [3.8, 4) is 28.0 Å². The molecular weight excluding hydrogens is 417 g/mol. The normalized spacial score (nSPS) is 11.6. The highest BCUT2D eigenvalue weighted by atomic mass is 32.2. The first kappa shape index (κ1) is 20.7. The second-order valence-electron chi connectivity index (χ2n) is 5.90. The third-order valence-electron chi connectivity index (χ3n) is 4.17. The van der Waals surface area contributed by atoms with Crippen molar-refractivity contribution in [2.75, 3.05) is 7.11 Å². The van der Waals surface area contributed by atoms with E-state index in [2.05, 4.69) is 0 Å². The summed E-state index contributed by atoms with van der Waals surface area (Å²) in [6.45, 7) is 0. The van der Waals surface area contributed by atoms with E-state index >= 15 is 0 Å². The van der Waals surface area contributed by atoms with Crippen LogP contribution in [0, 0.1) is 29.1 Å². The van der Waals surface area contributed by atoms with E-state index in [9.17, 15) is 30.4 Å². The van der Waals surface area contributed by atoms with Crippen LogP contribution in [0.15, 0.2) is 47.4 Å². The molecule has 152 valence electrons. The molecular formula is C19H12F5NO3S. The van der Waals surface area contributed by atoms with Crippen LogP contribution < -0.4 is 9.88 Å². The Morgan fingerprint density at radius 2 is 1.41 bits per heavy atom. The molecule has 3 aromatic rings. The number of primary sulfonamides is 1. The van der Waals surface area contributed by atoms with E-state index in [1.807, 2.05) is 0 Å². The molecule has 3 rings (SSSR count). The lowest BCUT2D eigenvalue weighted by Crippen LogP contribution is -2.14. The lowest BCUT2D eigenvalue weighted by molar-refractivity contribution is 0.386. The summed E-state index contributed by atoms with van der Waals surface area (Å²) in [5.41, 5.74) is -2.69. The van der Waals surface area contributed by atoms with Crippen LogP contribution in [0.5, 0.6) is 5.75 Å². The largest absolute Gasteiger partial charge is 0.494 e. The Hall–Kier alpha value is -2.98. The minimum absolute atomic E-state index is 0.233. The lowest BCUT2D eigenvalue weighted by atomic mass is 9.92. The molecule has 0 bridgehead atoms. The molecule has 0 aliphatic rings. The Kier molecular flexibility index (Phi) is 5.33. The van der Waals surface area contributed by atoms with Crippen LogP contribution in [0.4, 0.5) is 22.0 Å². The van der Waals surface area contributed by atoms with Gasteiger partial charge in [-0.25, -0.2) is 35.5 Å². The molecule has 0 unspecified atom stereocenters. The summed E-state index contributed by atoms with van der Waals surface area (Å²) in [6, 6.07) is 7.42. The van der Waals surface area contributed by atoms with Crippen LogP contribution in [0.2, 0.25) is 0 Å². The maximum Gasteiger partial charge on any atom is 0.238 e. The van der Waals surface area contributed by atoms with Gasteiger partial charge >= 0.3 is 0 Å². The first-order valence-electron chi connectivity index (χ1n) is 7.90. The molecule has 29 heavy (non-hydrogen) atoms. The number of methoxy groups -OCH3 is 1. The van der Waals surface area contributed by atoms with E-state index in [0.717, 1.165) is 30.3 Å². The van der Waals surface area contributed by atoms with Crippen molar-refractivity contribution >= 4 is 10.0 Å². The van der Waals surface area contributed by atoms with Crippen molar-refractivity contribution < 1.29 is 35.1 Å². The predicted molar refractivity (Wildman–Crippen MR) is 95.0 cm³/mol. The fourth-order valence-electron chi connectivity index (χ4n) is 2.90. The fraction of sp³-hybridized carbons (Fsp3) is 0.0526. The predicted octanol–water partition coefficient (Wildman–Crippen LogP) is 4.37. The first-order chi connectivity index (χ1) is 13.6. The lowest BCUT2D eigenvalue weighted by Gasteiger charge is -2.17. The van der Waals surface area contributed by atoms with Gasteiger partial charge in [0, 0.05) is 16.7 Å². The van der Waals surface area contributed by atoms with Crippen LogP contribution in [0.1, 0.15) is 0 Å². The van der Waals surface area contributed by atoms with Gasteiger partial charge in [-0.15, -0.1) is 0 Å². The molecule has 0 saturated heterocycles. The average Bonchev–Trinajstić information content (AvgIpc) is 2.68. The summed E-state index contributed by atoms with van der Waals surface area (Å²) in [5, 5.41) is 5.11. The maximum atomic E-state index is 14.8. The Balaban J connectivity index is 2.48. The highest BCUT2D eigenvalue weighted by Crippen LogP contribution is 2.42. The van der Waals surface area contributed by atoms with Crippen molar-refractivity contribution in [2.24, 2.45) is 5.14 Å². The third kappa shape index (κ3) is 3.56. The zero-order valence-electron chi connectivity index (χ0n) is 14.6. The minimum atomic E-state index is -4.45. The molecule has 0 fully saturated rings. The van der Waals surface area contributed by atoms with E-state index in [1.54, 1.807) is 0 Å². The van der Waals surface area contributed by atoms with Crippen molar-refractivity contribution in [1.29, 1.82) is 0 Å². The van der Waals surface area contributed by atoms with Crippen LogP contribution in [0.3, 0.4) is 0 Å². The molecule has 4 nitrogen and oxygen atoms in total. The number of hydrogen-bond donors (Lipinski definition) is 1. The summed E-state index contributed by atoms with van der Waals surface area (Å²) in [6.07, 6.45) is 0. The molecule has 10 heteroatoms. The Bertz CT molecular complexity index is 1230. The summed E-state index contributed by atoms with van der Waals surface area (Å²) in [5.74, 6) is -9.19. The molecule has 0 atom stereocenters. The number of benzene rings is 3. The van der Waals surface area contributed by atoms with Crippen molar-refractivity contribution in [1.82, 2.24) is 0 Å². The molecule has 0 radical (unpaired) electrons. The van der Waals surface area contributed by atoms with E-state index < -0.39 is 60.7 Å². The number of ether oxygens (including phenoxy) is 1. The van der Waals surface area contributed by atoms with Gasteiger partial charge in [-0.2, -0.15) is 0 Å². The molecule has 3 aromatic carbocycles. The second kappa shape index (κ2) is 7.45. The summed E-state index contributed by atoms with van der Waals surface area (Å²) < 4.78 is 100. The zero-order chi connectivity index (χ0) is 21.5. The molecule has 0 amide bonds. The fourth-order valence-corrected chi connectivity index (χ4v) is 3.64. The standard InChI is InChI=1S/C19H12F5NO3S/c1-28-12-7-6-9(8-11(12)20)14-15(17(22)19(24)18(23)16(14)21)10-4-2-3-5-13(10)29(25,26)27/h2-8H,1H3,(H2,25,26,27). The number of rotatable bonds is 4. The zero-order valence-corrected chi connectivity index (χ0v) is 15.5.